The molecule has 0 saturated heterocycles. The molecular weight excluding hydrogens is 362 g/mol. The second-order valence-corrected chi connectivity index (χ2v) is 5.83. The molecule has 0 aliphatic carbocycles. The molecule has 5 nitrogen and oxygen atoms in total. The molecule has 6 heteroatoms. The molecule has 1 N–H and O–H groups in total. The number of benzene rings is 2. The number of carbonyl (C=O) groups is 2. The first-order chi connectivity index (χ1) is 11.1. The normalized spacial score (nSPS) is 12.0. The summed E-state index contributed by atoms with van der Waals surface area (Å²) in [5, 5.41) is 4.47. The minimum Gasteiger partial charge on any atom is -0.467 e. The van der Waals surface area contributed by atoms with E-state index in [1.54, 1.807) is 13.2 Å². The molecule has 23 heavy (non-hydrogen) atoms. The number of hydrogen-bond acceptors (Lipinski definition) is 4. The molecule has 0 heterocycles. The molecule has 1 amide bonds. The van der Waals surface area contributed by atoms with Gasteiger partial charge in [0.15, 0.2) is 0 Å². The van der Waals surface area contributed by atoms with Crippen molar-refractivity contribution in [1.82, 2.24) is 5.32 Å². The van der Waals surface area contributed by atoms with Crippen molar-refractivity contribution in [3.05, 3.63) is 46.4 Å². The van der Waals surface area contributed by atoms with E-state index in [0.29, 0.717) is 18.6 Å². The summed E-state index contributed by atoms with van der Waals surface area (Å²) in [5.41, 5.74) is 0.509. The number of rotatable bonds is 6. The Labute approximate surface area is 143 Å². The average Bonchev–Trinajstić information content (AvgIpc) is 2.58. The van der Waals surface area contributed by atoms with Crippen molar-refractivity contribution in [3.63, 3.8) is 0 Å². The molecule has 122 valence electrons. The lowest BCUT2D eigenvalue weighted by Crippen LogP contribution is -2.42. The Morgan fingerprint density at radius 1 is 1.13 bits per heavy atom. The molecule has 2 aromatic carbocycles. The third kappa shape index (κ3) is 4.09. The molecule has 0 fully saturated rings. The topological polar surface area (TPSA) is 64.6 Å². The van der Waals surface area contributed by atoms with E-state index >= 15 is 0 Å². The van der Waals surface area contributed by atoms with Crippen LogP contribution in [0.4, 0.5) is 0 Å². The van der Waals surface area contributed by atoms with Gasteiger partial charge >= 0.3 is 5.97 Å². The maximum absolute atomic E-state index is 12.6. The summed E-state index contributed by atoms with van der Waals surface area (Å²) in [4.78, 5) is 24.4. The van der Waals surface area contributed by atoms with E-state index in [2.05, 4.69) is 21.2 Å². The zero-order valence-corrected chi connectivity index (χ0v) is 14.6. The Bertz CT molecular complexity index is 717. The van der Waals surface area contributed by atoms with Crippen LogP contribution in [0.5, 0.6) is 0 Å². The largest absolute Gasteiger partial charge is 0.467 e. The van der Waals surface area contributed by atoms with Crippen LogP contribution in [0.3, 0.4) is 0 Å². The van der Waals surface area contributed by atoms with Crippen LogP contribution >= 0.6 is 15.9 Å². The molecule has 0 radical (unpaired) electrons. The molecule has 2 rings (SSSR count). The number of nitrogens with one attached hydrogen (secondary N) is 1. The van der Waals surface area contributed by atoms with Crippen LogP contribution in [0, 0.1) is 0 Å². The summed E-state index contributed by atoms with van der Waals surface area (Å²) < 4.78 is 10.6. The highest BCUT2D eigenvalue weighted by Gasteiger charge is 2.22. The number of esters is 1. The van der Waals surface area contributed by atoms with Gasteiger partial charge in [0.05, 0.1) is 7.11 Å². The van der Waals surface area contributed by atoms with Crippen LogP contribution < -0.4 is 5.32 Å². The van der Waals surface area contributed by atoms with Crippen molar-refractivity contribution in [1.29, 1.82) is 0 Å². The lowest BCUT2D eigenvalue weighted by atomic mass is 10.0. The number of fused-ring (bicyclic) bond motifs is 1. The van der Waals surface area contributed by atoms with Crippen LogP contribution in [0.15, 0.2) is 40.9 Å². The highest BCUT2D eigenvalue weighted by atomic mass is 79.9. The van der Waals surface area contributed by atoms with Crippen molar-refractivity contribution < 1.29 is 19.1 Å². The number of hydrogen-bond donors (Lipinski definition) is 1. The molecule has 0 aromatic heterocycles. The Morgan fingerprint density at radius 3 is 2.48 bits per heavy atom. The highest BCUT2D eigenvalue weighted by molar-refractivity contribution is 9.10. The van der Waals surface area contributed by atoms with Crippen LogP contribution in [-0.4, -0.2) is 38.7 Å². The summed E-state index contributed by atoms with van der Waals surface area (Å²) in [7, 11) is 2.84. The molecule has 0 aliphatic rings. The second kappa shape index (κ2) is 8.08. The van der Waals surface area contributed by atoms with E-state index in [0.717, 1.165) is 15.2 Å². The van der Waals surface area contributed by atoms with Gasteiger partial charge in [0.2, 0.25) is 0 Å². The standard InChI is InChI=1S/C17H18BrNO4/c1-22-10-9-15(17(21)23-2)19-16(20)13-7-8-14(18)12-6-4-3-5-11(12)13/h3-8,15H,9-10H2,1-2H3,(H,19,20). The number of carbonyl (C=O) groups excluding carboxylic acids is 2. The van der Waals surface area contributed by atoms with Crippen molar-refractivity contribution in [2.75, 3.05) is 20.8 Å². The number of amides is 1. The Morgan fingerprint density at radius 2 is 1.83 bits per heavy atom. The molecule has 1 atom stereocenters. The predicted octanol–water partition coefficient (Wildman–Crippen LogP) is 2.91. The number of halogens is 1. The van der Waals surface area contributed by atoms with Gasteiger partial charge in [-0.3, -0.25) is 4.79 Å². The zero-order valence-electron chi connectivity index (χ0n) is 13.0. The number of methoxy groups -OCH3 is 2. The molecule has 1 unspecified atom stereocenters. The van der Waals surface area contributed by atoms with E-state index in [1.807, 2.05) is 30.3 Å². The molecular formula is C17H18BrNO4. The first-order valence-electron chi connectivity index (χ1n) is 7.13. The monoisotopic (exact) mass is 379 g/mol. The van der Waals surface area contributed by atoms with Crippen LogP contribution in [0.1, 0.15) is 16.8 Å². The Balaban J connectivity index is 2.29. The van der Waals surface area contributed by atoms with E-state index in [-0.39, 0.29) is 5.91 Å². The Hall–Kier alpha value is -1.92. The van der Waals surface area contributed by atoms with Crippen molar-refractivity contribution >= 4 is 38.6 Å². The van der Waals surface area contributed by atoms with E-state index in [1.165, 1.54) is 7.11 Å². The van der Waals surface area contributed by atoms with Crippen molar-refractivity contribution in [2.24, 2.45) is 0 Å². The third-order valence-corrected chi connectivity index (χ3v) is 4.21. The molecule has 0 bridgehead atoms. The maximum Gasteiger partial charge on any atom is 0.328 e. The van der Waals surface area contributed by atoms with E-state index < -0.39 is 12.0 Å². The smallest absolute Gasteiger partial charge is 0.328 e. The average molecular weight is 380 g/mol. The quantitative estimate of drug-likeness (QED) is 0.783. The van der Waals surface area contributed by atoms with E-state index in [4.69, 9.17) is 9.47 Å². The minimum atomic E-state index is -0.741. The number of ether oxygens (including phenoxy) is 2. The van der Waals surface area contributed by atoms with Crippen LogP contribution in [0.2, 0.25) is 0 Å². The summed E-state index contributed by atoms with van der Waals surface area (Å²) in [6, 6.07) is 10.4. The maximum atomic E-state index is 12.6. The van der Waals surface area contributed by atoms with Gasteiger partial charge in [0.25, 0.3) is 5.91 Å². The lowest BCUT2D eigenvalue weighted by molar-refractivity contribution is -0.143. The second-order valence-electron chi connectivity index (χ2n) is 4.97. The lowest BCUT2D eigenvalue weighted by Gasteiger charge is -2.17. The van der Waals surface area contributed by atoms with Gasteiger partial charge in [0, 0.05) is 30.2 Å². The predicted molar refractivity (Wildman–Crippen MR) is 91.4 cm³/mol. The molecule has 0 saturated carbocycles. The van der Waals surface area contributed by atoms with Gasteiger partial charge in [-0.05, 0) is 22.9 Å². The summed E-state index contributed by atoms with van der Waals surface area (Å²) in [5.74, 6) is -0.808. The molecule has 0 spiro atoms. The van der Waals surface area contributed by atoms with Gasteiger partial charge in [0.1, 0.15) is 6.04 Å². The van der Waals surface area contributed by atoms with Crippen molar-refractivity contribution in [3.8, 4) is 0 Å². The Kier molecular flexibility index (Phi) is 6.12. The summed E-state index contributed by atoms with van der Waals surface area (Å²) in [6.07, 6.45) is 0.351. The fraction of sp³-hybridized carbons (Fsp3) is 0.294. The van der Waals surface area contributed by atoms with Gasteiger partial charge < -0.3 is 14.8 Å². The van der Waals surface area contributed by atoms with Gasteiger partial charge in [-0.25, -0.2) is 4.79 Å². The minimum absolute atomic E-state index is 0.319. The SMILES string of the molecule is COCCC(NC(=O)c1ccc(Br)c2ccccc12)C(=O)OC. The molecule has 2 aromatic rings. The van der Waals surface area contributed by atoms with Crippen molar-refractivity contribution in [2.45, 2.75) is 12.5 Å². The van der Waals surface area contributed by atoms with Crippen LogP contribution in [-0.2, 0) is 14.3 Å². The molecule has 0 aliphatic heterocycles. The fourth-order valence-electron chi connectivity index (χ4n) is 2.32. The van der Waals surface area contributed by atoms with Gasteiger partial charge in [-0.1, -0.05) is 40.2 Å². The summed E-state index contributed by atoms with van der Waals surface area (Å²) >= 11 is 3.48. The highest BCUT2D eigenvalue weighted by Crippen LogP contribution is 2.26. The first-order valence-corrected chi connectivity index (χ1v) is 7.92. The van der Waals surface area contributed by atoms with Gasteiger partial charge in [-0.2, -0.15) is 0 Å². The van der Waals surface area contributed by atoms with Crippen LogP contribution in [0.25, 0.3) is 10.8 Å². The first kappa shape index (κ1) is 17.4. The van der Waals surface area contributed by atoms with Gasteiger partial charge in [-0.15, -0.1) is 0 Å². The van der Waals surface area contributed by atoms with E-state index in [9.17, 15) is 9.59 Å². The zero-order chi connectivity index (χ0) is 16.8. The fourth-order valence-corrected chi connectivity index (χ4v) is 2.80. The third-order valence-electron chi connectivity index (χ3n) is 3.52. The summed E-state index contributed by atoms with van der Waals surface area (Å²) in [6.45, 7) is 0.348.